The Morgan fingerprint density at radius 3 is 1.64 bits per heavy atom. The van der Waals surface area contributed by atoms with Crippen molar-refractivity contribution in [3.63, 3.8) is 0 Å². The molecule has 0 saturated heterocycles. The highest BCUT2D eigenvalue weighted by Crippen LogP contribution is 2.12. The van der Waals surface area contributed by atoms with Crippen LogP contribution in [0.25, 0.3) is 0 Å². The average molecular weight is 348 g/mol. The first kappa shape index (κ1) is 22.0. The van der Waals surface area contributed by atoms with Crippen LogP contribution in [0.2, 0.25) is 0 Å². The van der Waals surface area contributed by atoms with Gasteiger partial charge in [0.25, 0.3) is 5.97 Å². The Kier molecular flexibility index (Phi) is 11.8. The largest absolute Gasteiger partial charge is 0.497 e. The standard InChI is InChI=1S/C10H12O3.C7H8O.C2H4O2/c1-13-9-5-2-8(3-6-9)4-7-10(11)12;1-8-7-5-3-2-4-6-7;1-2(3)4/h2-3,5-6H,4,7H2,1H3,(H,11,12);2-6H,1H3;1H3,(H,3,4). The van der Waals surface area contributed by atoms with Crippen LogP contribution in [-0.4, -0.2) is 36.4 Å². The van der Waals surface area contributed by atoms with E-state index in [1.165, 1.54) is 0 Å². The van der Waals surface area contributed by atoms with E-state index >= 15 is 0 Å². The zero-order valence-corrected chi connectivity index (χ0v) is 14.6. The summed E-state index contributed by atoms with van der Waals surface area (Å²) in [6.07, 6.45) is 0.742. The summed E-state index contributed by atoms with van der Waals surface area (Å²) in [6, 6.07) is 17.1. The third kappa shape index (κ3) is 13.1. The normalized spacial score (nSPS) is 8.76. The van der Waals surface area contributed by atoms with E-state index < -0.39 is 11.9 Å². The summed E-state index contributed by atoms with van der Waals surface area (Å²) in [5, 5.41) is 15.9. The Hall–Kier alpha value is -3.02. The smallest absolute Gasteiger partial charge is 0.303 e. The second-order valence-electron chi connectivity index (χ2n) is 4.78. The van der Waals surface area contributed by atoms with Crippen molar-refractivity contribution >= 4 is 11.9 Å². The average Bonchev–Trinajstić information content (AvgIpc) is 2.61. The summed E-state index contributed by atoms with van der Waals surface area (Å²) in [5.74, 6) is 0.0994. The first-order valence-corrected chi connectivity index (χ1v) is 7.52. The zero-order valence-electron chi connectivity index (χ0n) is 14.6. The van der Waals surface area contributed by atoms with Crippen LogP contribution in [0, 0.1) is 0 Å². The lowest BCUT2D eigenvalue weighted by atomic mass is 10.1. The fourth-order valence-electron chi connectivity index (χ4n) is 1.60. The molecule has 0 aromatic heterocycles. The number of carboxylic acids is 2. The van der Waals surface area contributed by atoms with Crippen molar-refractivity contribution in [2.75, 3.05) is 14.2 Å². The van der Waals surface area contributed by atoms with E-state index in [1.54, 1.807) is 14.2 Å². The van der Waals surface area contributed by atoms with E-state index in [4.69, 9.17) is 24.5 Å². The van der Waals surface area contributed by atoms with Crippen molar-refractivity contribution in [2.24, 2.45) is 0 Å². The van der Waals surface area contributed by atoms with Gasteiger partial charge >= 0.3 is 5.97 Å². The number of hydrogen-bond acceptors (Lipinski definition) is 4. The maximum absolute atomic E-state index is 10.3. The number of methoxy groups -OCH3 is 2. The van der Waals surface area contributed by atoms with Gasteiger partial charge in [0.1, 0.15) is 11.5 Å². The number of aryl methyl sites for hydroxylation is 1. The van der Waals surface area contributed by atoms with Gasteiger partial charge in [0.2, 0.25) is 0 Å². The first-order chi connectivity index (χ1) is 11.9. The Morgan fingerprint density at radius 1 is 0.840 bits per heavy atom. The number of rotatable bonds is 5. The van der Waals surface area contributed by atoms with Gasteiger partial charge in [-0.15, -0.1) is 0 Å². The summed E-state index contributed by atoms with van der Waals surface area (Å²) in [5.41, 5.74) is 1.02. The van der Waals surface area contributed by atoms with Gasteiger partial charge in [-0.25, -0.2) is 0 Å². The highest BCUT2D eigenvalue weighted by atomic mass is 16.5. The minimum Gasteiger partial charge on any atom is -0.497 e. The molecule has 0 spiro atoms. The molecule has 0 fully saturated rings. The SMILES string of the molecule is CC(=O)O.COc1ccc(CCC(=O)O)cc1.COc1ccccc1. The molecular weight excluding hydrogens is 324 g/mol. The molecule has 0 heterocycles. The maximum Gasteiger partial charge on any atom is 0.303 e. The molecule has 2 aromatic rings. The molecule has 0 atom stereocenters. The topological polar surface area (TPSA) is 93.1 Å². The van der Waals surface area contributed by atoms with Crippen LogP contribution in [-0.2, 0) is 16.0 Å². The van der Waals surface area contributed by atoms with Gasteiger partial charge in [0, 0.05) is 13.3 Å². The lowest BCUT2D eigenvalue weighted by molar-refractivity contribution is -0.137. The molecule has 2 N–H and O–H groups in total. The van der Waals surface area contributed by atoms with Crippen molar-refractivity contribution < 1.29 is 29.3 Å². The molecule has 25 heavy (non-hydrogen) atoms. The molecule has 2 rings (SSSR count). The molecule has 2 aromatic carbocycles. The van der Waals surface area contributed by atoms with E-state index in [1.807, 2.05) is 54.6 Å². The number of benzene rings is 2. The van der Waals surface area contributed by atoms with Crippen LogP contribution in [0.4, 0.5) is 0 Å². The fraction of sp³-hybridized carbons (Fsp3) is 0.263. The van der Waals surface area contributed by atoms with Crippen LogP contribution in [0.15, 0.2) is 54.6 Å². The van der Waals surface area contributed by atoms with E-state index in [2.05, 4.69) is 0 Å². The lowest BCUT2D eigenvalue weighted by Crippen LogP contribution is -1.97. The summed E-state index contributed by atoms with van der Waals surface area (Å²) < 4.78 is 9.89. The Labute approximate surface area is 147 Å². The molecule has 0 aliphatic heterocycles. The number of carbonyl (C=O) groups is 2. The maximum atomic E-state index is 10.3. The van der Waals surface area contributed by atoms with Crippen molar-refractivity contribution in [2.45, 2.75) is 19.8 Å². The highest BCUT2D eigenvalue weighted by molar-refractivity contribution is 5.67. The van der Waals surface area contributed by atoms with Gasteiger partial charge in [-0.2, -0.15) is 0 Å². The second-order valence-corrected chi connectivity index (χ2v) is 4.78. The monoisotopic (exact) mass is 348 g/mol. The van der Waals surface area contributed by atoms with Crippen molar-refractivity contribution in [3.8, 4) is 11.5 Å². The van der Waals surface area contributed by atoms with Crippen LogP contribution in [0.5, 0.6) is 11.5 Å². The number of para-hydroxylation sites is 1. The van der Waals surface area contributed by atoms with Gasteiger partial charge in [-0.3, -0.25) is 9.59 Å². The number of ether oxygens (including phenoxy) is 2. The third-order valence-electron chi connectivity index (χ3n) is 2.77. The number of aliphatic carboxylic acids is 2. The third-order valence-corrected chi connectivity index (χ3v) is 2.77. The molecule has 0 aliphatic rings. The Balaban J connectivity index is 0.000000407. The van der Waals surface area contributed by atoms with Gasteiger partial charge < -0.3 is 19.7 Å². The van der Waals surface area contributed by atoms with Gasteiger partial charge in [-0.05, 0) is 36.2 Å². The second kappa shape index (κ2) is 13.4. The molecule has 136 valence electrons. The van der Waals surface area contributed by atoms with E-state index in [0.29, 0.717) is 6.42 Å². The van der Waals surface area contributed by atoms with Crippen LogP contribution >= 0.6 is 0 Å². The van der Waals surface area contributed by atoms with Gasteiger partial charge in [-0.1, -0.05) is 30.3 Å². The van der Waals surface area contributed by atoms with Crippen molar-refractivity contribution in [3.05, 3.63) is 60.2 Å². The molecule has 6 heteroatoms. The highest BCUT2D eigenvalue weighted by Gasteiger charge is 1.98. The van der Waals surface area contributed by atoms with Gasteiger partial charge in [0.05, 0.1) is 14.2 Å². The van der Waals surface area contributed by atoms with Crippen LogP contribution in [0.1, 0.15) is 18.9 Å². The zero-order chi connectivity index (χ0) is 19.1. The quantitative estimate of drug-likeness (QED) is 0.859. The molecule has 6 nitrogen and oxygen atoms in total. The molecule has 0 unspecified atom stereocenters. The molecule has 0 amide bonds. The van der Waals surface area contributed by atoms with E-state index in [-0.39, 0.29) is 6.42 Å². The van der Waals surface area contributed by atoms with E-state index in [9.17, 15) is 4.79 Å². The summed E-state index contributed by atoms with van der Waals surface area (Å²) >= 11 is 0. The first-order valence-electron chi connectivity index (χ1n) is 7.52. The minimum absolute atomic E-state index is 0.173. The molecule has 0 bridgehead atoms. The van der Waals surface area contributed by atoms with Crippen LogP contribution in [0.3, 0.4) is 0 Å². The molecule has 0 radical (unpaired) electrons. The number of carboxylic acid groups (broad SMARTS) is 2. The predicted octanol–water partition coefficient (Wildman–Crippen LogP) is 3.50. The molecular formula is C19H24O6. The predicted molar refractivity (Wildman–Crippen MR) is 95.3 cm³/mol. The van der Waals surface area contributed by atoms with Gasteiger partial charge in [0.15, 0.2) is 0 Å². The lowest BCUT2D eigenvalue weighted by Gasteiger charge is -2.01. The Bertz CT molecular complexity index is 604. The summed E-state index contributed by atoms with van der Waals surface area (Å²) in [6.45, 7) is 1.08. The summed E-state index contributed by atoms with van der Waals surface area (Å²) in [7, 11) is 3.27. The number of hydrogen-bond donors (Lipinski definition) is 2. The fourth-order valence-corrected chi connectivity index (χ4v) is 1.60. The van der Waals surface area contributed by atoms with Crippen molar-refractivity contribution in [1.29, 1.82) is 0 Å². The Morgan fingerprint density at radius 2 is 1.28 bits per heavy atom. The van der Waals surface area contributed by atoms with Crippen molar-refractivity contribution in [1.82, 2.24) is 0 Å². The van der Waals surface area contributed by atoms with E-state index in [0.717, 1.165) is 24.0 Å². The minimum atomic E-state index is -0.833. The summed E-state index contributed by atoms with van der Waals surface area (Å²) in [4.78, 5) is 19.3. The molecule has 0 saturated carbocycles. The molecule has 0 aliphatic carbocycles. The van der Waals surface area contributed by atoms with Crippen LogP contribution < -0.4 is 9.47 Å².